The molecule has 4 rings (SSSR count). The van der Waals surface area contributed by atoms with Crippen molar-refractivity contribution in [2.75, 3.05) is 0 Å². The van der Waals surface area contributed by atoms with Crippen molar-refractivity contribution in [1.29, 1.82) is 5.26 Å². The first-order chi connectivity index (χ1) is 14.5. The molecule has 0 saturated heterocycles. The molecule has 2 aromatic carbocycles. The number of allylic oxidation sites excluding steroid dienone is 1. The highest BCUT2D eigenvalue weighted by Gasteiger charge is 2.15. The lowest BCUT2D eigenvalue weighted by Crippen LogP contribution is -2.02. The number of fused-ring (bicyclic) bond motifs is 1. The Morgan fingerprint density at radius 2 is 2.07 bits per heavy atom. The molecular formula is C22H13N3O4S. The Balaban J connectivity index is 1.74. The molecule has 0 amide bonds. The third-order valence-corrected chi connectivity index (χ3v) is 5.39. The van der Waals surface area contributed by atoms with Crippen molar-refractivity contribution in [3.05, 3.63) is 90.6 Å². The molecule has 0 bridgehead atoms. The van der Waals surface area contributed by atoms with E-state index in [1.54, 1.807) is 42.6 Å². The second-order valence-electron chi connectivity index (χ2n) is 6.50. The Hall–Kier alpha value is -4.09. The number of rotatable bonds is 4. The van der Waals surface area contributed by atoms with Crippen molar-refractivity contribution in [1.82, 2.24) is 4.98 Å². The fourth-order valence-electron chi connectivity index (χ4n) is 2.98. The monoisotopic (exact) mass is 415 g/mol. The Labute approximate surface area is 174 Å². The molecule has 0 aliphatic carbocycles. The minimum Gasteiger partial charge on any atom is -0.422 e. The minimum absolute atomic E-state index is 0.0189. The van der Waals surface area contributed by atoms with E-state index in [4.69, 9.17) is 4.42 Å². The molecule has 0 spiro atoms. The number of hydrogen-bond acceptors (Lipinski definition) is 7. The maximum Gasteiger partial charge on any atom is 0.345 e. The van der Waals surface area contributed by atoms with E-state index in [9.17, 15) is 20.2 Å². The van der Waals surface area contributed by atoms with Crippen LogP contribution in [0.5, 0.6) is 0 Å². The van der Waals surface area contributed by atoms with Crippen LogP contribution in [0.2, 0.25) is 0 Å². The molecule has 0 fully saturated rings. The van der Waals surface area contributed by atoms with Gasteiger partial charge in [0.25, 0.3) is 5.69 Å². The predicted octanol–water partition coefficient (Wildman–Crippen LogP) is 5.20. The van der Waals surface area contributed by atoms with Gasteiger partial charge in [0.2, 0.25) is 0 Å². The molecule has 2 aromatic heterocycles. The number of aromatic nitrogens is 1. The standard InChI is InChI=1S/C22H13N3O4S/c1-13-6-7-14(9-19(13)25(27)28)8-16(11-23)21-24-18(12-30-21)17-10-15-4-2-3-5-20(15)29-22(17)26/h2-10,12H,1H3/b16-8-. The number of nitrogens with zero attached hydrogens (tertiary/aromatic N) is 3. The Bertz CT molecular complexity index is 1430. The SMILES string of the molecule is Cc1ccc(/C=C(/C#N)c2nc(-c3cc4ccccc4oc3=O)cs2)cc1[N+](=O)[O-]. The molecular weight excluding hydrogens is 402 g/mol. The fraction of sp³-hybridized carbons (Fsp3) is 0.0455. The molecule has 8 heteroatoms. The van der Waals surface area contributed by atoms with Crippen molar-refractivity contribution in [2.45, 2.75) is 6.92 Å². The number of thiazole rings is 1. The molecule has 146 valence electrons. The normalized spacial score (nSPS) is 11.4. The Kier molecular flexibility index (Phi) is 4.96. The van der Waals surface area contributed by atoms with Crippen LogP contribution in [0.3, 0.4) is 0 Å². The number of benzene rings is 2. The van der Waals surface area contributed by atoms with Gasteiger partial charge in [-0.05, 0) is 30.7 Å². The van der Waals surface area contributed by atoms with Gasteiger partial charge in [-0.3, -0.25) is 10.1 Å². The summed E-state index contributed by atoms with van der Waals surface area (Å²) in [6, 6.07) is 15.7. The lowest BCUT2D eigenvalue weighted by molar-refractivity contribution is -0.385. The maximum atomic E-state index is 12.4. The largest absolute Gasteiger partial charge is 0.422 e. The highest BCUT2D eigenvalue weighted by molar-refractivity contribution is 7.11. The van der Waals surface area contributed by atoms with E-state index in [1.165, 1.54) is 23.5 Å². The maximum absolute atomic E-state index is 12.4. The number of nitro benzene ring substituents is 1. The zero-order valence-electron chi connectivity index (χ0n) is 15.7. The average Bonchev–Trinajstić information content (AvgIpc) is 3.22. The summed E-state index contributed by atoms with van der Waals surface area (Å²) in [5.74, 6) is 0. The van der Waals surface area contributed by atoms with Crippen LogP contribution in [0.15, 0.2) is 63.1 Å². The lowest BCUT2D eigenvalue weighted by Gasteiger charge is -2.00. The van der Waals surface area contributed by atoms with Gasteiger partial charge in [0, 0.05) is 22.4 Å². The highest BCUT2D eigenvalue weighted by atomic mass is 32.1. The van der Waals surface area contributed by atoms with Crippen molar-refractivity contribution in [2.24, 2.45) is 0 Å². The number of hydrogen-bond donors (Lipinski definition) is 0. The van der Waals surface area contributed by atoms with E-state index < -0.39 is 10.5 Å². The van der Waals surface area contributed by atoms with Gasteiger partial charge in [-0.1, -0.05) is 30.3 Å². The molecule has 0 N–H and O–H groups in total. The van der Waals surface area contributed by atoms with E-state index in [-0.39, 0.29) is 11.3 Å². The molecule has 0 aliphatic rings. The molecule has 2 heterocycles. The molecule has 7 nitrogen and oxygen atoms in total. The minimum atomic E-state index is -0.512. The molecule has 0 atom stereocenters. The second kappa shape index (κ2) is 7.73. The van der Waals surface area contributed by atoms with Gasteiger partial charge >= 0.3 is 5.63 Å². The summed E-state index contributed by atoms with van der Waals surface area (Å²) in [5, 5.41) is 23.6. The first-order valence-electron chi connectivity index (χ1n) is 8.82. The second-order valence-corrected chi connectivity index (χ2v) is 7.35. The van der Waals surface area contributed by atoms with Gasteiger partial charge in [-0.2, -0.15) is 5.26 Å². The molecule has 0 saturated carbocycles. The molecule has 0 aliphatic heterocycles. The third-order valence-electron chi connectivity index (χ3n) is 4.51. The zero-order chi connectivity index (χ0) is 21.3. The number of nitriles is 1. The van der Waals surface area contributed by atoms with Gasteiger partial charge in [0.1, 0.15) is 16.7 Å². The molecule has 4 aromatic rings. The number of aryl methyl sites for hydroxylation is 1. The summed E-state index contributed by atoms with van der Waals surface area (Å²) in [7, 11) is 0. The summed E-state index contributed by atoms with van der Waals surface area (Å²) < 4.78 is 5.35. The summed E-state index contributed by atoms with van der Waals surface area (Å²) in [5.41, 5.74) is 1.97. The van der Waals surface area contributed by atoms with Crippen LogP contribution in [0.1, 0.15) is 16.1 Å². The van der Waals surface area contributed by atoms with Gasteiger partial charge in [0.15, 0.2) is 0 Å². The molecule has 0 radical (unpaired) electrons. The van der Waals surface area contributed by atoms with Crippen molar-refractivity contribution < 1.29 is 9.34 Å². The summed E-state index contributed by atoms with van der Waals surface area (Å²) in [6.07, 6.45) is 1.54. The van der Waals surface area contributed by atoms with Crippen molar-refractivity contribution in [3.8, 4) is 17.3 Å². The van der Waals surface area contributed by atoms with Crippen LogP contribution in [0.25, 0.3) is 33.9 Å². The number of nitro groups is 1. The van der Waals surface area contributed by atoms with Gasteiger partial charge in [-0.25, -0.2) is 9.78 Å². The van der Waals surface area contributed by atoms with Crippen LogP contribution >= 0.6 is 11.3 Å². The van der Waals surface area contributed by atoms with Gasteiger partial charge in [0.05, 0.1) is 21.8 Å². The van der Waals surface area contributed by atoms with Crippen LogP contribution in [0.4, 0.5) is 5.69 Å². The van der Waals surface area contributed by atoms with Crippen LogP contribution < -0.4 is 5.63 Å². The van der Waals surface area contributed by atoms with E-state index >= 15 is 0 Å². The van der Waals surface area contributed by atoms with Crippen LogP contribution in [-0.4, -0.2) is 9.91 Å². The smallest absolute Gasteiger partial charge is 0.345 e. The summed E-state index contributed by atoms with van der Waals surface area (Å²) in [6.45, 7) is 1.65. The van der Waals surface area contributed by atoms with Crippen LogP contribution in [0, 0.1) is 28.4 Å². The Morgan fingerprint density at radius 1 is 1.27 bits per heavy atom. The molecule has 0 unspecified atom stereocenters. The summed E-state index contributed by atoms with van der Waals surface area (Å²) in [4.78, 5) is 27.5. The molecule has 30 heavy (non-hydrogen) atoms. The lowest BCUT2D eigenvalue weighted by atomic mass is 10.1. The van der Waals surface area contributed by atoms with Crippen molar-refractivity contribution >= 4 is 39.6 Å². The third kappa shape index (κ3) is 3.62. The highest BCUT2D eigenvalue weighted by Crippen LogP contribution is 2.28. The topological polar surface area (TPSA) is 110 Å². The van der Waals surface area contributed by atoms with Crippen LogP contribution in [-0.2, 0) is 0 Å². The average molecular weight is 415 g/mol. The van der Waals surface area contributed by atoms with E-state index in [0.717, 1.165) is 5.39 Å². The van der Waals surface area contributed by atoms with E-state index in [0.29, 0.717) is 33.0 Å². The first-order valence-corrected chi connectivity index (χ1v) is 9.70. The first kappa shape index (κ1) is 19.2. The van der Waals surface area contributed by atoms with E-state index in [2.05, 4.69) is 11.1 Å². The van der Waals surface area contributed by atoms with Gasteiger partial charge < -0.3 is 4.42 Å². The zero-order valence-corrected chi connectivity index (χ0v) is 16.5. The Morgan fingerprint density at radius 3 is 2.83 bits per heavy atom. The quantitative estimate of drug-likeness (QED) is 0.196. The fourth-order valence-corrected chi connectivity index (χ4v) is 3.77. The number of para-hydroxylation sites is 1. The summed E-state index contributed by atoms with van der Waals surface area (Å²) >= 11 is 1.21. The van der Waals surface area contributed by atoms with E-state index in [1.807, 2.05) is 12.1 Å². The predicted molar refractivity (Wildman–Crippen MR) is 115 cm³/mol. The van der Waals surface area contributed by atoms with Gasteiger partial charge in [-0.15, -0.1) is 11.3 Å². The van der Waals surface area contributed by atoms with Crippen molar-refractivity contribution in [3.63, 3.8) is 0 Å².